The zero-order valence-electron chi connectivity index (χ0n) is 82.2. The van der Waals surface area contributed by atoms with Gasteiger partial charge in [-0.05, 0) is 115 Å². The molecular weight excluding hydrogens is 1930 g/mol. The van der Waals surface area contributed by atoms with E-state index in [0.29, 0.717) is 84.2 Å². The van der Waals surface area contributed by atoms with E-state index in [0.717, 1.165) is 293 Å². The number of aromatic nitrogens is 15. The summed E-state index contributed by atoms with van der Waals surface area (Å²) in [7, 11) is -6.31. The summed E-state index contributed by atoms with van der Waals surface area (Å²) < 4.78 is 53.7. The van der Waals surface area contributed by atoms with Crippen LogP contribution in [0, 0.1) is 46.3 Å². The third-order valence-electron chi connectivity index (χ3n) is 32.3. The minimum absolute atomic E-state index is 0.0220. The van der Waals surface area contributed by atoms with Crippen LogP contribution < -0.4 is 48.8 Å². The normalized spacial score (nSPS) is 23.3. The summed E-state index contributed by atoms with van der Waals surface area (Å²) in [4.78, 5) is 89.6. The van der Waals surface area contributed by atoms with Crippen molar-refractivity contribution in [2.24, 2.45) is 23.7 Å². The molecular formula is C107H117Cl3N28O5S2. The Balaban J connectivity index is 0.000000101. The second kappa shape index (κ2) is 39.5. The molecule has 0 radical (unpaired) electrons. The Hall–Kier alpha value is -12.3. The van der Waals surface area contributed by atoms with Gasteiger partial charge in [0.15, 0.2) is 0 Å². The smallest absolute Gasteiger partial charge is 0.216 e. The molecule has 10 aromatic heterocycles. The number of nitrogens with zero attached hydrogens (tertiary/aromatic N) is 27. The maximum Gasteiger partial charge on any atom is 0.216 e. The molecule has 10 aliphatic heterocycles. The second-order valence-electron chi connectivity index (χ2n) is 41.8. The lowest BCUT2D eigenvalue weighted by Crippen LogP contribution is -2.53. The van der Waals surface area contributed by atoms with Crippen LogP contribution in [0.15, 0.2) is 105 Å². The van der Waals surface area contributed by atoms with E-state index < -0.39 is 20.0 Å². The molecule has 27 rings (SSSR count). The van der Waals surface area contributed by atoms with Gasteiger partial charge in [-0.1, -0.05) is 95.6 Å². The average Bonchev–Trinajstić information content (AvgIpc) is 1.74. The van der Waals surface area contributed by atoms with Crippen LogP contribution in [0.25, 0.3) is 30.4 Å². The van der Waals surface area contributed by atoms with Crippen LogP contribution in [0.3, 0.4) is 0 Å². The van der Waals surface area contributed by atoms with E-state index in [1.807, 2.05) is 30.6 Å². The van der Waals surface area contributed by atoms with Gasteiger partial charge in [-0.15, -0.1) is 0 Å². The third kappa shape index (κ3) is 18.9. The number of halogens is 3. The minimum atomic E-state index is -3.22. The Morgan fingerprint density at radius 2 is 0.697 bits per heavy atom. The van der Waals surface area contributed by atoms with E-state index in [-0.39, 0.29) is 41.2 Å². The number of nitriles is 2. The van der Waals surface area contributed by atoms with Gasteiger partial charge in [-0.2, -0.15) is 10.5 Å². The van der Waals surface area contributed by atoms with Crippen molar-refractivity contribution in [3.8, 4) is 12.1 Å². The first-order valence-corrected chi connectivity index (χ1v) is 55.6. The number of anilines is 9. The zero-order chi connectivity index (χ0) is 99.5. The zero-order valence-corrected chi connectivity index (χ0v) is 86.1. The number of β-amino-alcohol motifs (C(OH)–C–C–N with tert-alkyl or cyclic N) is 1. The largest absolute Gasteiger partial charge is 0.389 e. The van der Waals surface area contributed by atoms with Gasteiger partial charge in [-0.3, -0.25) is 9.97 Å². The molecule has 2 bridgehead atoms. The van der Waals surface area contributed by atoms with Crippen LogP contribution >= 0.6 is 34.8 Å². The molecule has 2 N–H and O–H groups in total. The number of pyridine rings is 5. The number of allylic oxidation sites excluding steroid dienone is 5. The van der Waals surface area contributed by atoms with E-state index in [4.69, 9.17) is 55.3 Å². The highest BCUT2D eigenvalue weighted by molar-refractivity contribution is 7.90. The quantitative estimate of drug-likeness (QED) is 0.0955. The minimum Gasteiger partial charge on any atom is -0.389 e. The van der Waals surface area contributed by atoms with Gasteiger partial charge in [0.1, 0.15) is 70.4 Å². The molecule has 0 amide bonds. The fourth-order valence-corrected chi connectivity index (χ4v) is 27.9. The lowest BCUT2D eigenvalue weighted by Gasteiger charge is -2.42. The van der Waals surface area contributed by atoms with Crippen molar-refractivity contribution in [2.45, 2.75) is 224 Å². The first kappa shape index (κ1) is 96.2. The van der Waals surface area contributed by atoms with Crippen molar-refractivity contribution in [1.29, 1.82) is 10.5 Å². The van der Waals surface area contributed by atoms with Gasteiger partial charge >= 0.3 is 0 Å². The summed E-state index contributed by atoms with van der Waals surface area (Å²) in [5.74, 6) is 5.00. The third-order valence-corrected chi connectivity index (χ3v) is 35.9. The maximum absolute atomic E-state index is 12.6. The van der Waals surface area contributed by atoms with E-state index in [2.05, 4.69) is 233 Å². The monoisotopic (exact) mass is 2040 g/mol. The number of sulfonamides is 2. The predicted octanol–water partition coefficient (Wildman–Crippen LogP) is 13.5. The molecule has 748 valence electrons. The number of piperidine rings is 2. The number of rotatable bonds is 14. The topological polar surface area (TPSA) is 374 Å². The molecule has 17 aliphatic rings. The number of hydrogen-bond acceptors (Lipinski definition) is 31. The van der Waals surface area contributed by atoms with Crippen LogP contribution in [-0.2, 0) is 117 Å². The number of hydrogen-bond donors (Lipinski definition) is 2. The van der Waals surface area contributed by atoms with Crippen molar-refractivity contribution < 1.29 is 21.9 Å². The number of nitrogens with one attached hydrogen (secondary N) is 1. The molecule has 10 aromatic rings. The van der Waals surface area contributed by atoms with Crippen molar-refractivity contribution >= 4 is 137 Å². The molecule has 2 unspecified atom stereocenters. The van der Waals surface area contributed by atoms with Crippen LogP contribution in [0.2, 0.25) is 15.5 Å². The number of aliphatic hydroxyl groups excluding tert-OH is 1. The van der Waals surface area contributed by atoms with Gasteiger partial charge < -0.3 is 49.2 Å². The lowest BCUT2D eigenvalue weighted by atomic mass is 9.87. The van der Waals surface area contributed by atoms with E-state index >= 15 is 0 Å². The molecule has 7 atom stereocenters. The van der Waals surface area contributed by atoms with Crippen molar-refractivity contribution in [1.82, 2.24) is 83.8 Å². The predicted molar refractivity (Wildman–Crippen MR) is 563 cm³/mol. The van der Waals surface area contributed by atoms with Crippen LogP contribution in [0.1, 0.15) is 197 Å². The van der Waals surface area contributed by atoms with Gasteiger partial charge in [0.05, 0.1) is 104 Å². The molecule has 7 aliphatic carbocycles. The van der Waals surface area contributed by atoms with Crippen LogP contribution in [0.5, 0.6) is 0 Å². The highest BCUT2D eigenvalue weighted by atomic mass is 35.5. The fraction of sp³-hybridized carbons (Fsp3) is 0.467. The maximum atomic E-state index is 12.6. The Morgan fingerprint density at radius 1 is 0.379 bits per heavy atom. The second-order valence-corrected chi connectivity index (χ2v) is 47.0. The van der Waals surface area contributed by atoms with Crippen molar-refractivity contribution in [3.63, 3.8) is 0 Å². The van der Waals surface area contributed by atoms with Crippen molar-refractivity contribution in [2.75, 3.05) is 116 Å². The summed E-state index contributed by atoms with van der Waals surface area (Å²) in [5, 5.41) is 29.3. The van der Waals surface area contributed by atoms with Crippen LogP contribution in [0.4, 0.5) is 51.7 Å². The summed E-state index contributed by atoms with van der Waals surface area (Å²) >= 11 is 19.0. The highest BCUT2D eigenvalue weighted by Gasteiger charge is 2.48. The fourth-order valence-electron chi connectivity index (χ4n) is 24.5. The van der Waals surface area contributed by atoms with E-state index in [1.54, 1.807) is 35.9 Å². The SMILES string of the molecule is C[C@@H]1Cc2ncnc(C3CCN(S(=O)(=O)C4CC4)CC3)c2CN1c1ccnc2c1C=CC2.C[C@@H]1Cc2ncnc(N3CC(C#N)C3)c2CN1c1cc(Cl)nc2c1C=CC2.C[C@@H]1Cc2ncnc(N3CC(C#N)C3)c2CN1c1ccnc2c1C=CC2.C[C@@H]1Cc2ncnc(N3CC(O)C3)c2CN1c1cc(Cl)nc2c1C=CC2.C[C@@H]1Cc2ncnc(N3CC4CCC(C3)C4NS(C)(=O)=O)c2CN1c1cc(Cl)nc2c1C=CC2. The summed E-state index contributed by atoms with van der Waals surface area (Å²) in [6.45, 7) is 22.1. The lowest BCUT2D eigenvalue weighted by molar-refractivity contribution is 0.141. The molecule has 145 heavy (non-hydrogen) atoms. The molecule has 38 heteroatoms. The summed E-state index contributed by atoms with van der Waals surface area (Å²) in [6, 6.07) is 16.5. The Bertz CT molecular complexity index is 7260. The Morgan fingerprint density at radius 3 is 1.04 bits per heavy atom. The van der Waals surface area contributed by atoms with Crippen molar-refractivity contribution in [3.05, 3.63) is 238 Å². The molecule has 5 saturated heterocycles. The van der Waals surface area contributed by atoms with Gasteiger partial charge in [0, 0.05) is 301 Å². The number of fused-ring (bicyclic) bond motifs is 12. The Labute approximate surface area is 861 Å². The summed E-state index contributed by atoms with van der Waals surface area (Å²) in [5.41, 5.74) is 29.9. The van der Waals surface area contributed by atoms with Gasteiger partial charge in [0.2, 0.25) is 20.0 Å². The molecule has 33 nitrogen and oxygen atoms in total. The molecule has 0 spiro atoms. The van der Waals surface area contributed by atoms with Gasteiger partial charge in [-0.25, -0.2) is 90.7 Å². The molecule has 20 heterocycles. The van der Waals surface area contributed by atoms with E-state index in [9.17, 15) is 21.9 Å². The standard InChI is InChI=1S/C24H29ClN6O2S.C24H29N5O2S.C20H19ClN6.C20H20N6.C19H20ClN5O/c1-14-8-20-18(12-31(14)21-9-22(25)28-19-5-3-4-17(19)21)24(27-13-26-20)30-10-15-6-7-16(11-30)23(15)29-34(2,32)33;1-16-13-22-20(14-29(16)23-7-10-25-21-4-2-3-19(21)23)24(27-15-26-22)17-8-11-28(12-9-17)32(30,31)18-5-6-18;1-12-5-17-15(20(24-11-23-17)26-8-13(7-22)9-26)10-27(12)18-6-19(21)25-16-4-2-3-14(16)18;1-13-7-18-16(20(24-12-23-18)25-9-14(8-21)10-25)11-26(13)19-5-6-22-17-4-2-3-15(17)19;1-11-5-16-14(19(22-10-21-16)24-7-12(26)8-24)9-25(11)17-6-18(20)23-15-4-2-3-13(15)17/h3-4,9,13-16,23,29H,5-8,10-12H2,1-2H3;2-3,7,10,15-18H,4-6,8-9,11-14H2,1H3;2-3,6,11-13H,4-5,8-10H2,1H3;2-3,5-6,12-14H,4,7,9-11H2,1H3;2-3,6,10-12,26H,4-5,7-9H2,1H3/t14-,15?,16?,23?;16-;12-;13-;11-/m11111/s1. The Kier molecular flexibility index (Phi) is 26.2. The highest BCUT2D eigenvalue weighted by Crippen LogP contribution is 2.48. The molecule has 7 fully saturated rings. The average molecular weight is 2050 g/mol. The first-order chi connectivity index (χ1) is 70.3. The number of aliphatic hydroxyl groups is 1. The van der Waals surface area contributed by atoms with Gasteiger partial charge in [0.25, 0.3) is 0 Å². The molecule has 2 saturated carbocycles. The molecule has 0 aromatic carbocycles. The first-order valence-electron chi connectivity index (χ1n) is 51.0. The summed E-state index contributed by atoms with van der Waals surface area (Å²) in [6.07, 6.45) is 48.8. The van der Waals surface area contributed by atoms with Crippen LogP contribution in [-0.4, -0.2) is 220 Å². The van der Waals surface area contributed by atoms with E-state index in [1.165, 1.54) is 51.0 Å².